The molecule has 0 spiro atoms. The van der Waals surface area contributed by atoms with E-state index in [0.717, 1.165) is 0 Å². The molecule has 0 aromatic carbocycles. The van der Waals surface area contributed by atoms with Gasteiger partial charge >= 0.3 is 6.18 Å². The Morgan fingerprint density at radius 2 is 2.00 bits per heavy atom. The van der Waals surface area contributed by atoms with Crippen LogP contribution in [0, 0.1) is 0 Å². The molecule has 1 fully saturated rings. The summed E-state index contributed by atoms with van der Waals surface area (Å²) in [6.45, 7) is 0. The zero-order chi connectivity index (χ0) is 10.9. The number of hydrogen-bond donors (Lipinski definition) is 2. The molecule has 1 atom stereocenters. The summed E-state index contributed by atoms with van der Waals surface area (Å²) in [5, 5.41) is 0. The van der Waals surface area contributed by atoms with Crippen molar-refractivity contribution in [2.75, 3.05) is 0 Å². The minimum Gasteiger partial charge on any atom is -0.366 e. The highest BCUT2D eigenvalue weighted by Gasteiger charge is 2.41. The van der Waals surface area contributed by atoms with E-state index in [1.165, 1.54) is 0 Å². The van der Waals surface area contributed by atoms with Crippen LogP contribution in [0.5, 0.6) is 0 Å². The fourth-order valence-corrected chi connectivity index (χ4v) is 1.66. The lowest BCUT2D eigenvalue weighted by molar-refractivity contribution is -0.128. The van der Waals surface area contributed by atoms with Crippen molar-refractivity contribution in [3.63, 3.8) is 0 Å². The van der Waals surface area contributed by atoms with Crippen LogP contribution >= 0.6 is 0 Å². The molecule has 1 aliphatic rings. The first-order chi connectivity index (χ1) is 6.34. The van der Waals surface area contributed by atoms with Crippen LogP contribution < -0.4 is 11.5 Å². The first kappa shape index (κ1) is 11.0. The molecular formula is C8H11F3N2O. The summed E-state index contributed by atoms with van der Waals surface area (Å²) in [7, 11) is 0. The van der Waals surface area contributed by atoms with E-state index in [0.29, 0.717) is 12.8 Å². The number of carbonyl (C=O) groups is 1. The van der Waals surface area contributed by atoms with Crippen molar-refractivity contribution in [1.82, 2.24) is 0 Å². The lowest BCUT2D eigenvalue weighted by Gasteiger charge is -2.14. The molecule has 0 aromatic heterocycles. The Labute approximate surface area is 78.9 Å². The highest BCUT2D eigenvalue weighted by atomic mass is 19.4. The van der Waals surface area contributed by atoms with Crippen LogP contribution in [0.3, 0.4) is 0 Å². The molecule has 0 saturated heterocycles. The van der Waals surface area contributed by atoms with E-state index < -0.39 is 23.7 Å². The van der Waals surface area contributed by atoms with Crippen LogP contribution in [0.1, 0.15) is 19.3 Å². The molecule has 0 unspecified atom stereocenters. The highest BCUT2D eigenvalue weighted by Crippen LogP contribution is 2.34. The van der Waals surface area contributed by atoms with Gasteiger partial charge in [0.05, 0.1) is 0 Å². The smallest absolute Gasteiger partial charge is 0.366 e. The molecule has 1 amide bonds. The zero-order valence-electron chi connectivity index (χ0n) is 7.40. The van der Waals surface area contributed by atoms with E-state index in [1.54, 1.807) is 0 Å². The average molecular weight is 208 g/mol. The van der Waals surface area contributed by atoms with Gasteiger partial charge in [0.2, 0.25) is 0 Å². The number of rotatable bonds is 1. The molecule has 80 valence electrons. The summed E-state index contributed by atoms with van der Waals surface area (Å²) in [5.74, 6) is -1.44. The van der Waals surface area contributed by atoms with Gasteiger partial charge in [-0.05, 0) is 24.8 Å². The quantitative estimate of drug-likeness (QED) is 0.627. The van der Waals surface area contributed by atoms with Crippen molar-refractivity contribution in [3.05, 3.63) is 11.1 Å². The Morgan fingerprint density at radius 1 is 1.43 bits per heavy atom. The summed E-state index contributed by atoms with van der Waals surface area (Å²) in [5.41, 5.74) is 8.83. The first-order valence-corrected chi connectivity index (χ1v) is 4.19. The number of halogens is 3. The van der Waals surface area contributed by atoms with Gasteiger partial charge in [-0.25, -0.2) is 0 Å². The Balaban J connectivity index is 3.15. The Bertz CT molecular complexity index is 283. The minimum absolute atomic E-state index is 0.0509. The number of amides is 1. The molecular weight excluding hydrogens is 197 g/mol. The molecule has 1 rings (SSSR count). The van der Waals surface area contributed by atoms with Crippen LogP contribution in [0.25, 0.3) is 0 Å². The predicted octanol–water partition coefficient (Wildman–Crippen LogP) is 0.842. The van der Waals surface area contributed by atoms with Gasteiger partial charge in [0, 0.05) is 6.04 Å². The molecule has 0 heterocycles. The SMILES string of the molecule is NC(=O)/C(=C1/CCC[C@@H]1N)C(F)(F)F. The summed E-state index contributed by atoms with van der Waals surface area (Å²) >= 11 is 0. The summed E-state index contributed by atoms with van der Waals surface area (Å²) in [6.07, 6.45) is -3.44. The van der Waals surface area contributed by atoms with Crippen molar-refractivity contribution in [2.45, 2.75) is 31.5 Å². The zero-order valence-corrected chi connectivity index (χ0v) is 7.40. The van der Waals surface area contributed by atoms with Crippen molar-refractivity contribution >= 4 is 5.91 Å². The van der Waals surface area contributed by atoms with E-state index in [9.17, 15) is 18.0 Å². The maximum absolute atomic E-state index is 12.4. The van der Waals surface area contributed by atoms with Crippen LogP contribution in [-0.2, 0) is 4.79 Å². The monoisotopic (exact) mass is 208 g/mol. The van der Waals surface area contributed by atoms with Gasteiger partial charge in [0.15, 0.2) is 0 Å². The molecule has 6 heteroatoms. The van der Waals surface area contributed by atoms with Gasteiger partial charge < -0.3 is 11.5 Å². The van der Waals surface area contributed by atoms with Gasteiger partial charge in [-0.15, -0.1) is 0 Å². The van der Waals surface area contributed by atoms with Crippen LogP contribution in [0.2, 0.25) is 0 Å². The highest BCUT2D eigenvalue weighted by molar-refractivity contribution is 5.94. The molecule has 0 aliphatic heterocycles. The molecule has 4 N–H and O–H groups in total. The predicted molar refractivity (Wildman–Crippen MR) is 44.1 cm³/mol. The summed E-state index contributed by atoms with van der Waals surface area (Å²) < 4.78 is 37.1. The number of alkyl halides is 3. The van der Waals surface area contributed by atoms with E-state index in [-0.39, 0.29) is 12.0 Å². The largest absolute Gasteiger partial charge is 0.421 e. The Hall–Kier alpha value is -1.04. The van der Waals surface area contributed by atoms with E-state index >= 15 is 0 Å². The minimum atomic E-state index is -4.69. The third-order valence-electron chi connectivity index (χ3n) is 2.26. The molecule has 1 aliphatic carbocycles. The first-order valence-electron chi connectivity index (χ1n) is 4.19. The average Bonchev–Trinajstić information content (AvgIpc) is 2.32. The van der Waals surface area contributed by atoms with Crippen LogP contribution in [0.4, 0.5) is 13.2 Å². The summed E-state index contributed by atoms with van der Waals surface area (Å²) in [4.78, 5) is 10.7. The maximum Gasteiger partial charge on any atom is 0.421 e. The maximum atomic E-state index is 12.4. The number of carbonyl (C=O) groups excluding carboxylic acids is 1. The molecule has 14 heavy (non-hydrogen) atoms. The van der Waals surface area contributed by atoms with Gasteiger partial charge in [0.1, 0.15) is 5.57 Å². The second kappa shape index (κ2) is 3.61. The van der Waals surface area contributed by atoms with Gasteiger partial charge in [-0.1, -0.05) is 0 Å². The Kier molecular flexibility index (Phi) is 2.84. The molecule has 3 nitrogen and oxygen atoms in total. The summed E-state index contributed by atoms with van der Waals surface area (Å²) in [6, 6.07) is -0.681. The fraction of sp³-hybridized carbons (Fsp3) is 0.625. The van der Waals surface area contributed by atoms with E-state index in [1.807, 2.05) is 0 Å². The van der Waals surface area contributed by atoms with Gasteiger partial charge in [-0.3, -0.25) is 4.79 Å². The van der Waals surface area contributed by atoms with Gasteiger partial charge in [0.25, 0.3) is 5.91 Å². The molecule has 0 radical (unpaired) electrons. The third kappa shape index (κ3) is 2.06. The lowest BCUT2D eigenvalue weighted by atomic mass is 10.0. The second-order valence-electron chi connectivity index (χ2n) is 3.26. The normalized spacial score (nSPS) is 26.4. The molecule has 0 aromatic rings. The number of nitrogens with two attached hydrogens (primary N) is 2. The second-order valence-corrected chi connectivity index (χ2v) is 3.26. The molecule has 1 saturated carbocycles. The standard InChI is InChI=1S/C8H11F3N2O/c9-8(10,11)6(7(13)14)4-2-1-3-5(4)12/h5H,1-3,12H2,(H2,13,14)/b6-4+/t5-/m0/s1. The van der Waals surface area contributed by atoms with Crippen LogP contribution in [0.15, 0.2) is 11.1 Å². The number of hydrogen-bond acceptors (Lipinski definition) is 2. The van der Waals surface area contributed by atoms with Crippen molar-refractivity contribution < 1.29 is 18.0 Å². The Morgan fingerprint density at radius 3 is 2.29 bits per heavy atom. The van der Waals surface area contributed by atoms with Crippen LogP contribution in [-0.4, -0.2) is 18.1 Å². The van der Waals surface area contributed by atoms with E-state index in [4.69, 9.17) is 11.5 Å². The van der Waals surface area contributed by atoms with E-state index in [2.05, 4.69) is 0 Å². The third-order valence-corrected chi connectivity index (χ3v) is 2.26. The van der Waals surface area contributed by atoms with Gasteiger partial charge in [-0.2, -0.15) is 13.2 Å². The van der Waals surface area contributed by atoms with Crippen molar-refractivity contribution in [1.29, 1.82) is 0 Å². The van der Waals surface area contributed by atoms with Crippen molar-refractivity contribution in [2.24, 2.45) is 11.5 Å². The topological polar surface area (TPSA) is 69.1 Å². The molecule has 0 bridgehead atoms. The lowest BCUT2D eigenvalue weighted by Crippen LogP contribution is -2.31. The van der Waals surface area contributed by atoms with Crippen molar-refractivity contribution in [3.8, 4) is 0 Å². The number of primary amides is 1. The fourth-order valence-electron chi connectivity index (χ4n) is 1.66.